The first kappa shape index (κ1) is 39.8. The van der Waals surface area contributed by atoms with Crippen molar-refractivity contribution in [2.45, 2.75) is 51.2 Å². The molecular formula is C41H46N6O8. The SMILES string of the molecule is COc1cc2ccc1CNC(=O)[C@H](C)NC(=O)[C@H](CCc1ccccc1)NC(=O)CN(C(=O)c1ccccn1)CCCCNC(=O)c1ccc(OC)c(c1)O2. The number of hydrogen-bond donors (Lipinski definition) is 4. The second-order valence-corrected chi connectivity index (χ2v) is 12.9. The minimum Gasteiger partial charge on any atom is -0.496 e. The molecule has 0 fully saturated rings. The molecule has 288 valence electrons. The molecule has 6 rings (SSSR count). The molecule has 0 saturated heterocycles. The Morgan fingerprint density at radius 1 is 0.855 bits per heavy atom. The van der Waals surface area contributed by atoms with Crippen LogP contribution in [0.3, 0.4) is 0 Å². The molecule has 0 radical (unpaired) electrons. The van der Waals surface area contributed by atoms with Gasteiger partial charge in [-0.3, -0.25) is 29.0 Å². The summed E-state index contributed by atoms with van der Waals surface area (Å²) < 4.78 is 17.2. The summed E-state index contributed by atoms with van der Waals surface area (Å²) in [7, 11) is 2.99. The van der Waals surface area contributed by atoms with Crippen LogP contribution in [0, 0.1) is 0 Å². The standard InChI is InChI=1S/C41H46N6O8/c1-27-38(49)44-25-30-15-17-31(24-35(30)54-3)55-36-23-29(16-19-34(36)53-2)39(50)43-21-9-10-22-47(41(52)33-13-7-8-20-42-33)26-37(48)46-32(40(51)45-27)18-14-28-11-5-4-6-12-28/h4-8,11-13,15-17,19-20,23-24,27,32H,9-10,14,18,21-22,25-26H2,1-3H3,(H,43,50)(H,44,49)(H,45,51)(H,46,48)/t27-,32-/m0/s1. The van der Waals surface area contributed by atoms with E-state index in [1.54, 1.807) is 61.5 Å². The van der Waals surface area contributed by atoms with Gasteiger partial charge in [0.2, 0.25) is 17.7 Å². The molecule has 4 N–H and O–H groups in total. The Morgan fingerprint density at radius 3 is 2.38 bits per heavy atom. The van der Waals surface area contributed by atoms with E-state index in [2.05, 4.69) is 26.3 Å². The van der Waals surface area contributed by atoms with E-state index in [1.165, 1.54) is 25.3 Å². The number of rotatable bonds is 6. The van der Waals surface area contributed by atoms with Crippen molar-refractivity contribution in [3.8, 4) is 23.0 Å². The molecule has 3 heterocycles. The highest BCUT2D eigenvalue weighted by Gasteiger charge is 2.27. The van der Waals surface area contributed by atoms with Crippen molar-refractivity contribution in [2.75, 3.05) is 33.9 Å². The number of pyridine rings is 1. The van der Waals surface area contributed by atoms with Gasteiger partial charge >= 0.3 is 0 Å². The predicted molar refractivity (Wildman–Crippen MR) is 204 cm³/mol. The zero-order valence-electron chi connectivity index (χ0n) is 31.1. The van der Waals surface area contributed by atoms with Crippen LogP contribution < -0.4 is 35.5 Å². The van der Waals surface area contributed by atoms with Gasteiger partial charge in [-0.2, -0.15) is 0 Å². The van der Waals surface area contributed by atoms with E-state index in [1.807, 2.05) is 30.3 Å². The van der Waals surface area contributed by atoms with Crippen LogP contribution in [0.2, 0.25) is 0 Å². The number of hydrogen-bond acceptors (Lipinski definition) is 9. The molecule has 2 aliphatic rings. The van der Waals surface area contributed by atoms with E-state index < -0.39 is 35.7 Å². The largest absolute Gasteiger partial charge is 0.496 e. The van der Waals surface area contributed by atoms with Gasteiger partial charge in [-0.15, -0.1) is 0 Å². The first-order chi connectivity index (χ1) is 26.6. The van der Waals surface area contributed by atoms with E-state index >= 15 is 0 Å². The second kappa shape index (κ2) is 19.6. The normalized spacial score (nSPS) is 17.6. The Kier molecular flexibility index (Phi) is 14.2. The number of carbonyl (C=O) groups is 5. The number of amides is 5. The molecule has 4 bridgehead atoms. The first-order valence-electron chi connectivity index (χ1n) is 18.1. The average Bonchev–Trinajstić information content (AvgIpc) is 3.20. The quantitative estimate of drug-likeness (QED) is 0.214. The Morgan fingerprint density at radius 2 is 1.64 bits per heavy atom. The lowest BCUT2D eigenvalue weighted by Gasteiger charge is -2.25. The van der Waals surface area contributed by atoms with Gasteiger partial charge in [0.15, 0.2) is 11.5 Å². The molecular weight excluding hydrogens is 704 g/mol. The molecule has 4 aromatic rings. The maximum Gasteiger partial charge on any atom is 0.272 e. The zero-order chi connectivity index (χ0) is 39.2. The van der Waals surface area contributed by atoms with Crippen LogP contribution in [-0.2, 0) is 27.3 Å². The van der Waals surface area contributed by atoms with Crippen LogP contribution in [0.5, 0.6) is 23.0 Å². The molecule has 5 amide bonds. The van der Waals surface area contributed by atoms with E-state index in [4.69, 9.17) is 14.2 Å². The smallest absolute Gasteiger partial charge is 0.272 e. The summed E-state index contributed by atoms with van der Waals surface area (Å²) in [6.07, 6.45) is 3.15. The molecule has 14 nitrogen and oxygen atoms in total. The summed E-state index contributed by atoms with van der Waals surface area (Å²) in [4.78, 5) is 72.8. The van der Waals surface area contributed by atoms with Gasteiger partial charge in [-0.1, -0.05) is 36.4 Å². The highest BCUT2D eigenvalue weighted by molar-refractivity contribution is 5.96. The Balaban J connectivity index is 1.40. The average molecular weight is 751 g/mol. The topological polar surface area (TPSA) is 177 Å². The van der Waals surface area contributed by atoms with Gasteiger partial charge in [-0.05, 0) is 80.6 Å². The van der Waals surface area contributed by atoms with Gasteiger partial charge in [0.1, 0.15) is 29.3 Å². The summed E-state index contributed by atoms with van der Waals surface area (Å²) in [6.45, 7) is 1.76. The van der Waals surface area contributed by atoms with Crippen molar-refractivity contribution in [3.05, 3.63) is 114 Å². The molecule has 0 aliphatic carbocycles. The van der Waals surface area contributed by atoms with Crippen molar-refractivity contribution in [3.63, 3.8) is 0 Å². The van der Waals surface area contributed by atoms with Crippen LogP contribution in [-0.4, -0.2) is 85.4 Å². The minimum atomic E-state index is -1.01. The van der Waals surface area contributed by atoms with Crippen molar-refractivity contribution in [1.29, 1.82) is 0 Å². The van der Waals surface area contributed by atoms with E-state index in [9.17, 15) is 24.0 Å². The van der Waals surface area contributed by atoms with Gasteiger partial charge in [0.05, 0.1) is 20.8 Å². The van der Waals surface area contributed by atoms with Gasteiger partial charge in [0, 0.05) is 43.0 Å². The van der Waals surface area contributed by atoms with Gasteiger partial charge < -0.3 is 40.4 Å². The maximum atomic E-state index is 13.7. The maximum absolute atomic E-state index is 13.7. The molecule has 0 unspecified atom stereocenters. The van der Waals surface area contributed by atoms with E-state index in [0.717, 1.165) is 5.56 Å². The van der Waals surface area contributed by atoms with Crippen LogP contribution in [0.4, 0.5) is 0 Å². The van der Waals surface area contributed by atoms with Crippen molar-refractivity contribution >= 4 is 29.5 Å². The summed E-state index contributed by atoms with van der Waals surface area (Å²) in [5.74, 6) is -0.798. The van der Waals surface area contributed by atoms with Crippen LogP contribution in [0.1, 0.15) is 58.2 Å². The number of aromatic nitrogens is 1. The number of methoxy groups -OCH3 is 2. The number of ether oxygens (including phenoxy) is 3. The number of carbonyl (C=O) groups excluding carboxylic acids is 5. The first-order valence-corrected chi connectivity index (χ1v) is 18.1. The minimum absolute atomic E-state index is 0.0791. The van der Waals surface area contributed by atoms with Gasteiger partial charge in [0.25, 0.3) is 11.8 Å². The number of nitrogens with one attached hydrogen (secondary N) is 4. The van der Waals surface area contributed by atoms with Crippen molar-refractivity contribution in [2.24, 2.45) is 0 Å². The van der Waals surface area contributed by atoms with Gasteiger partial charge in [-0.25, -0.2) is 0 Å². The lowest BCUT2D eigenvalue weighted by atomic mass is 10.0. The zero-order valence-corrected chi connectivity index (χ0v) is 31.1. The third-order valence-electron chi connectivity index (χ3n) is 8.98. The van der Waals surface area contributed by atoms with E-state index in [-0.39, 0.29) is 37.7 Å². The third-order valence-corrected chi connectivity index (χ3v) is 8.98. The molecule has 55 heavy (non-hydrogen) atoms. The van der Waals surface area contributed by atoms with Crippen LogP contribution >= 0.6 is 0 Å². The number of nitrogens with zero attached hydrogens (tertiary/aromatic N) is 2. The van der Waals surface area contributed by atoms with Crippen LogP contribution in [0.15, 0.2) is 91.1 Å². The number of benzene rings is 3. The summed E-state index contributed by atoms with van der Waals surface area (Å²) in [6, 6.07) is 22.4. The monoisotopic (exact) mass is 750 g/mol. The lowest BCUT2D eigenvalue weighted by molar-refractivity contribution is -0.132. The molecule has 0 saturated carbocycles. The Bertz CT molecular complexity index is 1960. The molecule has 2 atom stereocenters. The number of aryl methyl sites for hydroxylation is 1. The van der Waals surface area contributed by atoms with Crippen molar-refractivity contribution in [1.82, 2.24) is 31.2 Å². The summed E-state index contributed by atoms with van der Waals surface area (Å²) >= 11 is 0. The van der Waals surface area contributed by atoms with E-state index in [0.29, 0.717) is 59.9 Å². The van der Waals surface area contributed by atoms with Crippen molar-refractivity contribution < 1.29 is 38.2 Å². The lowest BCUT2D eigenvalue weighted by Crippen LogP contribution is -2.54. The Hall–Kier alpha value is -6.44. The fourth-order valence-electron chi connectivity index (χ4n) is 5.95. The third kappa shape index (κ3) is 11.3. The van der Waals surface area contributed by atoms with Crippen LogP contribution in [0.25, 0.3) is 0 Å². The predicted octanol–water partition coefficient (Wildman–Crippen LogP) is 3.80. The fourth-order valence-corrected chi connectivity index (χ4v) is 5.95. The fraction of sp³-hybridized carbons (Fsp3) is 0.317. The number of fused-ring (bicyclic) bond motifs is 18. The summed E-state index contributed by atoms with van der Waals surface area (Å²) in [5.41, 5.74) is 2.11. The molecule has 2 aliphatic heterocycles. The highest BCUT2D eigenvalue weighted by atomic mass is 16.5. The highest BCUT2D eigenvalue weighted by Crippen LogP contribution is 2.35. The molecule has 0 spiro atoms. The second-order valence-electron chi connectivity index (χ2n) is 12.9. The summed E-state index contributed by atoms with van der Waals surface area (Å²) in [5, 5.41) is 11.3. The molecule has 14 heteroatoms. The Labute approximate surface area is 319 Å². The molecule has 1 aromatic heterocycles. The molecule has 3 aromatic carbocycles.